The third kappa shape index (κ3) is 6.52. The fraction of sp³-hybridized carbons (Fsp3) is 0.929. The van der Waals surface area contributed by atoms with E-state index in [2.05, 4.69) is 35.8 Å². The third-order valence-corrected chi connectivity index (χ3v) is 4.51. The zero-order valence-electron chi connectivity index (χ0n) is 12.7. The molecular weight excluding hydrogens is 258 g/mol. The van der Waals surface area contributed by atoms with Crippen LogP contribution in [0.15, 0.2) is 4.99 Å². The molecule has 1 N–H and O–H groups in total. The van der Waals surface area contributed by atoms with Gasteiger partial charge in [-0.3, -0.25) is 4.99 Å². The second kappa shape index (κ2) is 10.4. The number of hydrogen-bond donors (Lipinski definition) is 1. The second-order valence-corrected chi connectivity index (χ2v) is 6.04. The van der Waals surface area contributed by atoms with E-state index in [1.54, 1.807) is 0 Å². The highest BCUT2D eigenvalue weighted by molar-refractivity contribution is 8.00. The number of aliphatic imine (C=N–C) groups is 1. The van der Waals surface area contributed by atoms with E-state index in [1.165, 1.54) is 12.2 Å². The van der Waals surface area contributed by atoms with E-state index in [4.69, 9.17) is 9.73 Å². The standard InChI is InChI=1S/C14H29N3OS/c1-4-13-12-17(9-11-19-13)14(15-5-2)16-8-7-10-18-6-3/h13H,4-12H2,1-3H3,(H,15,16). The number of rotatable bonds is 7. The Balaban J connectivity index is 2.43. The summed E-state index contributed by atoms with van der Waals surface area (Å²) in [6.45, 7) is 12.1. The molecule has 1 fully saturated rings. The number of ether oxygens (including phenoxy) is 1. The molecule has 1 aliphatic rings. The van der Waals surface area contributed by atoms with Crippen LogP contribution in [0.2, 0.25) is 0 Å². The summed E-state index contributed by atoms with van der Waals surface area (Å²) in [6, 6.07) is 0. The van der Waals surface area contributed by atoms with Crippen LogP contribution in [0.5, 0.6) is 0 Å². The molecule has 1 saturated heterocycles. The van der Waals surface area contributed by atoms with E-state index in [-0.39, 0.29) is 0 Å². The topological polar surface area (TPSA) is 36.9 Å². The van der Waals surface area contributed by atoms with Crippen molar-refractivity contribution in [2.24, 2.45) is 4.99 Å². The van der Waals surface area contributed by atoms with Gasteiger partial charge in [-0.05, 0) is 26.7 Å². The first-order chi connectivity index (χ1) is 9.31. The van der Waals surface area contributed by atoms with E-state index < -0.39 is 0 Å². The molecule has 0 aromatic carbocycles. The van der Waals surface area contributed by atoms with Gasteiger partial charge in [0.25, 0.3) is 0 Å². The lowest BCUT2D eigenvalue weighted by molar-refractivity contribution is 0.146. The number of nitrogens with one attached hydrogen (secondary N) is 1. The molecule has 1 atom stereocenters. The molecule has 1 rings (SSSR count). The lowest BCUT2D eigenvalue weighted by Crippen LogP contribution is -2.48. The van der Waals surface area contributed by atoms with Crippen molar-refractivity contribution in [3.63, 3.8) is 0 Å². The predicted octanol–water partition coefficient (Wildman–Crippen LogP) is 2.21. The van der Waals surface area contributed by atoms with Crippen LogP contribution in [0.3, 0.4) is 0 Å². The van der Waals surface area contributed by atoms with Gasteiger partial charge in [0, 0.05) is 50.4 Å². The van der Waals surface area contributed by atoms with Gasteiger partial charge in [0.2, 0.25) is 0 Å². The van der Waals surface area contributed by atoms with Crippen LogP contribution in [0.1, 0.15) is 33.6 Å². The molecule has 1 aliphatic heterocycles. The maximum Gasteiger partial charge on any atom is 0.193 e. The minimum Gasteiger partial charge on any atom is -0.382 e. The van der Waals surface area contributed by atoms with Gasteiger partial charge in [0.05, 0.1) is 0 Å². The largest absolute Gasteiger partial charge is 0.382 e. The summed E-state index contributed by atoms with van der Waals surface area (Å²) in [5.74, 6) is 2.29. The highest BCUT2D eigenvalue weighted by Gasteiger charge is 2.21. The van der Waals surface area contributed by atoms with Gasteiger partial charge in [0.1, 0.15) is 0 Å². The molecular formula is C14H29N3OS. The zero-order valence-corrected chi connectivity index (χ0v) is 13.5. The SMILES string of the molecule is CCNC(=NCCCOCC)N1CCSC(CC)C1. The van der Waals surface area contributed by atoms with Crippen molar-refractivity contribution >= 4 is 17.7 Å². The van der Waals surface area contributed by atoms with Gasteiger partial charge in [-0.25, -0.2) is 0 Å². The highest BCUT2D eigenvalue weighted by atomic mass is 32.2. The molecule has 0 amide bonds. The van der Waals surface area contributed by atoms with E-state index in [0.717, 1.165) is 57.0 Å². The van der Waals surface area contributed by atoms with Crippen molar-refractivity contribution in [1.82, 2.24) is 10.2 Å². The monoisotopic (exact) mass is 287 g/mol. The van der Waals surface area contributed by atoms with Crippen molar-refractivity contribution in [2.45, 2.75) is 38.9 Å². The quantitative estimate of drug-likeness (QED) is 0.442. The van der Waals surface area contributed by atoms with Gasteiger partial charge < -0.3 is 15.0 Å². The Labute approximate surface area is 122 Å². The first-order valence-corrected chi connectivity index (χ1v) is 8.59. The van der Waals surface area contributed by atoms with E-state index in [1.807, 2.05) is 6.92 Å². The van der Waals surface area contributed by atoms with E-state index in [0.29, 0.717) is 0 Å². The second-order valence-electron chi connectivity index (χ2n) is 4.63. The minimum atomic E-state index is 0.751. The van der Waals surface area contributed by atoms with Crippen LogP contribution in [0, 0.1) is 0 Å². The summed E-state index contributed by atoms with van der Waals surface area (Å²) >= 11 is 2.09. The zero-order chi connectivity index (χ0) is 13.9. The van der Waals surface area contributed by atoms with Crippen LogP contribution in [0.25, 0.3) is 0 Å². The molecule has 0 bridgehead atoms. The van der Waals surface area contributed by atoms with E-state index in [9.17, 15) is 0 Å². The van der Waals surface area contributed by atoms with Crippen LogP contribution in [0.4, 0.5) is 0 Å². The molecule has 0 aliphatic carbocycles. The molecule has 0 aromatic rings. The molecule has 0 saturated carbocycles. The van der Waals surface area contributed by atoms with Gasteiger partial charge in [-0.2, -0.15) is 11.8 Å². The molecule has 19 heavy (non-hydrogen) atoms. The summed E-state index contributed by atoms with van der Waals surface area (Å²) in [5, 5.41) is 4.16. The van der Waals surface area contributed by atoms with Gasteiger partial charge >= 0.3 is 0 Å². The van der Waals surface area contributed by atoms with E-state index >= 15 is 0 Å². The summed E-state index contributed by atoms with van der Waals surface area (Å²) in [7, 11) is 0. The Morgan fingerprint density at radius 3 is 2.95 bits per heavy atom. The minimum absolute atomic E-state index is 0.751. The van der Waals surface area contributed by atoms with Crippen molar-refractivity contribution in [3.05, 3.63) is 0 Å². The van der Waals surface area contributed by atoms with Crippen LogP contribution in [-0.4, -0.2) is 61.3 Å². The molecule has 0 radical (unpaired) electrons. The lowest BCUT2D eigenvalue weighted by atomic mass is 10.3. The number of thioether (sulfide) groups is 1. The van der Waals surface area contributed by atoms with Gasteiger partial charge in [-0.1, -0.05) is 6.92 Å². The Morgan fingerprint density at radius 2 is 2.26 bits per heavy atom. The lowest BCUT2D eigenvalue weighted by Gasteiger charge is -2.34. The summed E-state index contributed by atoms with van der Waals surface area (Å²) in [5.41, 5.74) is 0. The van der Waals surface area contributed by atoms with Gasteiger partial charge in [-0.15, -0.1) is 0 Å². The summed E-state index contributed by atoms with van der Waals surface area (Å²) < 4.78 is 5.35. The molecule has 1 heterocycles. The highest BCUT2D eigenvalue weighted by Crippen LogP contribution is 2.20. The summed E-state index contributed by atoms with van der Waals surface area (Å²) in [6.07, 6.45) is 2.24. The smallest absolute Gasteiger partial charge is 0.193 e. The maximum atomic E-state index is 5.35. The van der Waals surface area contributed by atoms with Crippen molar-refractivity contribution in [3.8, 4) is 0 Å². The fourth-order valence-electron chi connectivity index (χ4n) is 2.08. The molecule has 112 valence electrons. The summed E-state index contributed by atoms with van der Waals surface area (Å²) in [4.78, 5) is 7.13. The Kier molecular flexibility index (Phi) is 9.08. The fourth-order valence-corrected chi connectivity index (χ4v) is 3.26. The molecule has 4 nitrogen and oxygen atoms in total. The van der Waals surface area contributed by atoms with Crippen molar-refractivity contribution in [2.75, 3.05) is 45.1 Å². The van der Waals surface area contributed by atoms with Crippen LogP contribution in [-0.2, 0) is 4.74 Å². The maximum absolute atomic E-state index is 5.35. The van der Waals surface area contributed by atoms with Crippen LogP contribution >= 0.6 is 11.8 Å². The Bertz CT molecular complexity index is 261. The number of nitrogens with zero attached hydrogens (tertiary/aromatic N) is 2. The van der Waals surface area contributed by atoms with Crippen molar-refractivity contribution < 1.29 is 4.74 Å². The van der Waals surface area contributed by atoms with Gasteiger partial charge in [0.15, 0.2) is 5.96 Å². The average Bonchev–Trinajstić information content (AvgIpc) is 2.46. The predicted molar refractivity (Wildman–Crippen MR) is 85.2 cm³/mol. The Morgan fingerprint density at radius 1 is 1.42 bits per heavy atom. The first-order valence-electron chi connectivity index (χ1n) is 7.54. The number of guanidine groups is 1. The average molecular weight is 287 g/mol. The molecule has 5 heteroatoms. The molecule has 1 unspecified atom stereocenters. The number of hydrogen-bond acceptors (Lipinski definition) is 3. The normalized spacial score (nSPS) is 20.7. The van der Waals surface area contributed by atoms with Crippen molar-refractivity contribution in [1.29, 1.82) is 0 Å². The first kappa shape index (κ1) is 16.6. The molecule has 0 aromatic heterocycles. The molecule has 0 spiro atoms. The third-order valence-electron chi connectivity index (χ3n) is 3.14. The Hall–Kier alpha value is -0.420. The van der Waals surface area contributed by atoms with Crippen LogP contribution < -0.4 is 5.32 Å².